The Morgan fingerprint density at radius 2 is 2.25 bits per heavy atom. The van der Waals surface area contributed by atoms with Crippen molar-refractivity contribution in [3.05, 3.63) is 22.4 Å². The molecule has 0 bridgehead atoms. The van der Waals surface area contributed by atoms with E-state index < -0.39 is 0 Å². The Labute approximate surface area is 124 Å². The van der Waals surface area contributed by atoms with E-state index in [1.54, 1.807) is 16.2 Å². The summed E-state index contributed by atoms with van der Waals surface area (Å²) in [5, 5.41) is 5.76. The fraction of sp³-hybridized carbons (Fsp3) is 0.643. The van der Waals surface area contributed by atoms with Crippen LogP contribution in [0.25, 0.3) is 0 Å². The number of likely N-dealkylation sites (N-methyl/N-ethyl adjacent to an activating group) is 1. The van der Waals surface area contributed by atoms with Crippen molar-refractivity contribution in [1.29, 1.82) is 0 Å². The highest BCUT2D eigenvalue weighted by Crippen LogP contribution is 2.23. The number of hydrogen-bond acceptors (Lipinski definition) is 4. The number of nitrogens with two attached hydrogens (primary N) is 1. The Kier molecular flexibility index (Phi) is 5.39. The normalized spacial score (nSPS) is 18.4. The predicted octanol–water partition coefficient (Wildman–Crippen LogP) is 1.48. The number of primary amides is 1. The number of carbonyl (C=O) groups excluding carboxylic acids is 1. The quantitative estimate of drug-likeness (QED) is 0.865. The van der Waals surface area contributed by atoms with E-state index in [4.69, 9.17) is 5.73 Å². The molecular formula is C14H24N4OS. The smallest absolute Gasteiger partial charge is 0.314 e. The zero-order valence-electron chi connectivity index (χ0n) is 12.2. The number of urea groups is 1. The van der Waals surface area contributed by atoms with Crippen molar-refractivity contribution in [3.8, 4) is 0 Å². The number of amides is 2. The first-order valence-electron chi connectivity index (χ1n) is 7.05. The number of nitrogens with zero attached hydrogens (tertiary/aromatic N) is 2. The summed E-state index contributed by atoms with van der Waals surface area (Å²) in [6.07, 6.45) is 1.96. The highest BCUT2D eigenvalue weighted by Gasteiger charge is 2.22. The maximum absolute atomic E-state index is 11.1. The number of carbonyl (C=O) groups is 1. The van der Waals surface area contributed by atoms with Crippen LogP contribution in [-0.4, -0.2) is 55.6 Å². The Morgan fingerprint density at radius 1 is 1.55 bits per heavy atom. The van der Waals surface area contributed by atoms with Crippen LogP contribution in [0.3, 0.4) is 0 Å². The van der Waals surface area contributed by atoms with Crippen LogP contribution >= 0.6 is 11.3 Å². The summed E-state index contributed by atoms with van der Waals surface area (Å²) in [7, 11) is 4.23. The van der Waals surface area contributed by atoms with Gasteiger partial charge in [0.1, 0.15) is 0 Å². The van der Waals surface area contributed by atoms with Crippen LogP contribution in [0.15, 0.2) is 17.5 Å². The van der Waals surface area contributed by atoms with Gasteiger partial charge in [-0.3, -0.25) is 0 Å². The Balaban J connectivity index is 1.81. The molecule has 1 unspecified atom stereocenters. The molecule has 1 saturated heterocycles. The summed E-state index contributed by atoms with van der Waals surface area (Å²) < 4.78 is 0. The molecule has 112 valence electrons. The lowest BCUT2D eigenvalue weighted by Crippen LogP contribution is -2.48. The zero-order valence-corrected chi connectivity index (χ0v) is 13.0. The molecule has 3 N–H and O–H groups in total. The minimum absolute atomic E-state index is 0.298. The van der Waals surface area contributed by atoms with Crippen molar-refractivity contribution in [2.24, 2.45) is 5.73 Å². The van der Waals surface area contributed by atoms with Crippen molar-refractivity contribution in [2.45, 2.75) is 24.9 Å². The lowest BCUT2D eigenvalue weighted by Gasteiger charge is -2.33. The molecule has 6 heteroatoms. The summed E-state index contributed by atoms with van der Waals surface area (Å²) in [6.45, 7) is 2.46. The van der Waals surface area contributed by atoms with E-state index in [0.29, 0.717) is 12.1 Å². The minimum atomic E-state index is -0.298. The van der Waals surface area contributed by atoms with Crippen molar-refractivity contribution >= 4 is 17.4 Å². The van der Waals surface area contributed by atoms with Crippen LogP contribution in [-0.2, 0) is 0 Å². The van der Waals surface area contributed by atoms with Crippen LogP contribution in [0.2, 0.25) is 0 Å². The van der Waals surface area contributed by atoms with Gasteiger partial charge < -0.3 is 20.9 Å². The minimum Gasteiger partial charge on any atom is -0.351 e. The first-order valence-corrected chi connectivity index (χ1v) is 7.93. The summed E-state index contributed by atoms with van der Waals surface area (Å²) in [4.78, 5) is 16.5. The monoisotopic (exact) mass is 296 g/mol. The fourth-order valence-electron chi connectivity index (χ4n) is 2.60. The highest BCUT2D eigenvalue weighted by atomic mass is 32.1. The molecule has 0 saturated carbocycles. The Morgan fingerprint density at radius 3 is 2.75 bits per heavy atom. The molecular weight excluding hydrogens is 272 g/mol. The molecule has 1 atom stereocenters. The standard InChI is InChI=1S/C14H24N4OS/c1-17(2)12(13-4-3-9-20-13)10-16-11-5-7-18(8-6-11)14(15)19/h3-4,9,11-12,16H,5-8,10H2,1-2H3,(H2,15,19). The SMILES string of the molecule is CN(C)C(CNC1CCN(C(N)=O)CC1)c1cccs1. The number of thiophene rings is 1. The number of hydrogen-bond donors (Lipinski definition) is 2. The molecule has 2 heterocycles. The fourth-order valence-corrected chi connectivity index (χ4v) is 3.52. The second-order valence-corrected chi connectivity index (χ2v) is 6.48. The lowest BCUT2D eigenvalue weighted by atomic mass is 10.0. The van der Waals surface area contributed by atoms with Crippen LogP contribution < -0.4 is 11.1 Å². The predicted molar refractivity (Wildman–Crippen MR) is 82.9 cm³/mol. The summed E-state index contributed by atoms with van der Waals surface area (Å²) in [6, 6.07) is 4.87. The Hall–Kier alpha value is -1.11. The third-order valence-electron chi connectivity index (χ3n) is 3.90. The molecule has 1 aromatic rings. The van der Waals surface area contributed by atoms with Gasteiger partial charge in [-0.25, -0.2) is 4.79 Å². The maximum atomic E-state index is 11.1. The molecule has 1 aliphatic heterocycles. The van der Waals surface area contributed by atoms with E-state index in [1.165, 1.54) is 4.88 Å². The van der Waals surface area contributed by atoms with Crippen molar-refractivity contribution in [2.75, 3.05) is 33.7 Å². The van der Waals surface area contributed by atoms with Gasteiger partial charge in [-0.05, 0) is 38.4 Å². The number of piperidine rings is 1. The third-order valence-corrected chi connectivity index (χ3v) is 4.88. The topological polar surface area (TPSA) is 61.6 Å². The van der Waals surface area contributed by atoms with Crippen molar-refractivity contribution in [1.82, 2.24) is 15.1 Å². The second kappa shape index (κ2) is 7.06. The van der Waals surface area contributed by atoms with Gasteiger partial charge in [-0.2, -0.15) is 0 Å². The van der Waals surface area contributed by atoms with Gasteiger partial charge in [-0.15, -0.1) is 11.3 Å². The average Bonchev–Trinajstić information content (AvgIpc) is 2.93. The first-order chi connectivity index (χ1) is 9.58. The van der Waals surface area contributed by atoms with E-state index in [0.717, 1.165) is 32.5 Å². The summed E-state index contributed by atoms with van der Waals surface area (Å²) in [5.74, 6) is 0. The largest absolute Gasteiger partial charge is 0.351 e. The van der Waals surface area contributed by atoms with Gasteiger partial charge >= 0.3 is 6.03 Å². The van der Waals surface area contributed by atoms with Gasteiger partial charge in [0.2, 0.25) is 0 Å². The molecule has 2 rings (SSSR count). The molecule has 1 aliphatic rings. The molecule has 1 fully saturated rings. The Bertz CT molecular complexity index is 413. The van der Waals surface area contributed by atoms with Crippen LogP contribution in [0, 0.1) is 0 Å². The molecule has 5 nitrogen and oxygen atoms in total. The van der Waals surface area contributed by atoms with Gasteiger partial charge in [0.05, 0.1) is 6.04 Å². The molecule has 0 radical (unpaired) electrons. The summed E-state index contributed by atoms with van der Waals surface area (Å²) >= 11 is 1.80. The zero-order chi connectivity index (χ0) is 14.5. The molecule has 0 aliphatic carbocycles. The first kappa shape index (κ1) is 15.3. The molecule has 0 aromatic carbocycles. The number of rotatable bonds is 5. The number of nitrogens with one attached hydrogen (secondary N) is 1. The summed E-state index contributed by atoms with van der Waals surface area (Å²) in [5.41, 5.74) is 5.30. The van der Waals surface area contributed by atoms with E-state index in [9.17, 15) is 4.79 Å². The number of likely N-dealkylation sites (tertiary alicyclic amines) is 1. The van der Waals surface area contributed by atoms with E-state index in [-0.39, 0.29) is 6.03 Å². The van der Waals surface area contributed by atoms with Gasteiger partial charge in [0, 0.05) is 30.6 Å². The molecule has 1 aromatic heterocycles. The van der Waals surface area contributed by atoms with Crippen molar-refractivity contribution in [3.63, 3.8) is 0 Å². The van der Waals surface area contributed by atoms with E-state index in [1.807, 2.05) is 0 Å². The highest BCUT2D eigenvalue weighted by molar-refractivity contribution is 7.10. The molecule has 2 amide bonds. The van der Waals surface area contributed by atoms with Crippen molar-refractivity contribution < 1.29 is 4.79 Å². The van der Waals surface area contributed by atoms with Crippen LogP contribution in [0.1, 0.15) is 23.8 Å². The maximum Gasteiger partial charge on any atom is 0.314 e. The second-order valence-electron chi connectivity index (χ2n) is 5.50. The van der Waals surface area contributed by atoms with Crippen LogP contribution in [0.4, 0.5) is 4.79 Å². The van der Waals surface area contributed by atoms with Gasteiger partial charge in [-0.1, -0.05) is 6.07 Å². The molecule has 0 spiro atoms. The molecule has 20 heavy (non-hydrogen) atoms. The van der Waals surface area contributed by atoms with E-state index >= 15 is 0 Å². The van der Waals surface area contributed by atoms with Crippen LogP contribution in [0.5, 0.6) is 0 Å². The van der Waals surface area contributed by atoms with Gasteiger partial charge in [0.25, 0.3) is 0 Å². The third kappa shape index (κ3) is 3.94. The van der Waals surface area contributed by atoms with Gasteiger partial charge in [0.15, 0.2) is 0 Å². The lowest BCUT2D eigenvalue weighted by molar-refractivity contribution is 0.181. The van der Waals surface area contributed by atoms with E-state index in [2.05, 4.69) is 41.8 Å². The average molecular weight is 296 g/mol.